The third-order valence-electron chi connectivity index (χ3n) is 5.70. The van der Waals surface area contributed by atoms with Crippen LogP contribution in [0.15, 0.2) is 18.3 Å². The van der Waals surface area contributed by atoms with Crippen molar-refractivity contribution in [3.8, 4) is 0 Å². The number of pyridine rings is 1. The van der Waals surface area contributed by atoms with Gasteiger partial charge >= 0.3 is 0 Å². The van der Waals surface area contributed by atoms with Gasteiger partial charge in [0.2, 0.25) is 5.91 Å². The average molecular weight is 313 g/mol. The van der Waals surface area contributed by atoms with Crippen LogP contribution < -0.4 is 0 Å². The summed E-state index contributed by atoms with van der Waals surface area (Å²) in [6.45, 7) is 4.26. The molecule has 0 aromatic carbocycles. The minimum Gasteiger partial charge on any atom is -0.339 e. The molecule has 0 radical (unpaired) electrons. The van der Waals surface area contributed by atoms with Crippen LogP contribution >= 0.6 is 0 Å². The zero-order chi connectivity index (χ0) is 16.0. The summed E-state index contributed by atoms with van der Waals surface area (Å²) < 4.78 is 0. The maximum Gasteiger partial charge on any atom is 0.255 e. The number of likely N-dealkylation sites (tertiary alicyclic amines) is 1. The lowest BCUT2D eigenvalue weighted by atomic mass is 9.76. The molecule has 3 aliphatic heterocycles. The number of hydrogen-bond donors (Lipinski definition) is 0. The molecule has 23 heavy (non-hydrogen) atoms. The van der Waals surface area contributed by atoms with E-state index in [2.05, 4.69) is 9.88 Å². The fourth-order valence-electron chi connectivity index (χ4n) is 4.66. The Morgan fingerprint density at radius 1 is 1.30 bits per heavy atom. The van der Waals surface area contributed by atoms with Crippen LogP contribution in [0.2, 0.25) is 0 Å². The van der Waals surface area contributed by atoms with Crippen LogP contribution in [0.1, 0.15) is 41.7 Å². The molecule has 122 valence electrons. The van der Waals surface area contributed by atoms with Crippen LogP contribution in [0.4, 0.5) is 0 Å². The molecule has 1 aromatic heterocycles. The summed E-state index contributed by atoms with van der Waals surface area (Å²) >= 11 is 0. The molecule has 0 aliphatic carbocycles. The van der Waals surface area contributed by atoms with E-state index in [1.807, 2.05) is 24.0 Å². The predicted molar refractivity (Wildman–Crippen MR) is 85.8 cm³/mol. The van der Waals surface area contributed by atoms with Crippen LogP contribution in [0.25, 0.3) is 0 Å². The molecule has 3 fully saturated rings. The lowest BCUT2D eigenvalue weighted by Gasteiger charge is -2.52. The Labute approximate surface area is 136 Å². The fraction of sp³-hybridized carbons (Fsp3) is 0.611. The molecule has 4 heterocycles. The van der Waals surface area contributed by atoms with Crippen molar-refractivity contribution in [1.29, 1.82) is 0 Å². The van der Waals surface area contributed by atoms with Crippen molar-refractivity contribution in [3.05, 3.63) is 29.6 Å². The van der Waals surface area contributed by atoms with E-state index in [0.717, 1.165) is 44.6 Å². The summed E-state index contributed by atoms with van der Waals surface area (Å²) in [4.78, 5) is 33.4. The first-order valence-corrected chi connectivity index (χ1v) is 8.64. The first-order valence-electron chi connectivity index (χ1n) is 8.64. The summed E-state index contributed by atoms with van der Waals surface area (Å²) in [5.41, 5.74) is 1.51. The molecule has 3 saturated heterocycles. The van der Waals surface area contributed by atoms with Crippen LogP contribution in [-0.4, -0.2) is 52.3 Å². The van der Waals surface area contributed by atoms with Gasteiger partial charge in [0, 0.05) is 44.0 Å². The smallest absolute Gasteiger partial charge is 0.255 e. The highest BCUT2D eigenvalue weighted by molar-refractivity contribution is 5.95. The zero-order valence-corrected chi connectivity index (χ0v) is 13.6. The summed E-state index contributed by atoms with van der Waals surface area (Å²) in [6.07, 6.45) is 5.67. The van der Waals surface area contributed by atoms with Crippen molar-refractivity contribution in [1.82, 2.24) is 14.8 Å². The quantitative estimate of drug-likeness (QED) is 0.795. The third-order valence-corrected chi connectivity index (χ3v) is 5.70. The number of nitrogens with zero attached hydrogens (tertiary/aromatic N) is 3. The molecule has 5 nitrogen and oxygen atoms in total. The van der Waals surface area contributed by atoms with Crippen LogP contribution in [0, 0.1) is 18.8 Å². The van der Waals surface area contributed by atoms with Crippen molar-refractivity contribution < 1.29 is 9.59 Å². The van der Waals surface area contributed by atoms with E-state index >= 15 is 0 Å². The standard InChI is InChI=1S/C18H23N3O2/c1-12-15(4-3-7-19-12)18(23)20-9-13-8-14(11-20)16-5-2-6-17(22)21(16)10-13/h3-4,7,13-14,16H,2,5-6,8-11H2,1H3/t13-,14-,16-/m1/s1. The van der Waals surface area contributed by atoms with Crippen molar-refractivity contribution in [2.75, 3.05) is 19.6 Å². The van der Waals surface area contributed by atoms with Gasteiger partial charge < -0.3 is 9.80 Å². The largest absolute Gasteiger partial charge is 0.339 e. The maximum atomic E-state index is 12.9. The lowest BCUT2D eigenvalue weighted by Crippen LogP contribution is -2.61. The second-order valence-corrected chi connectivity index (χ2v) is 7.21. The van der Waals surface area contributed by atoms with Gasteiger partial charge in [-0.2, -0.15) is 0 Å². The Morgan fingerprint density at radius 3 is 3.00 bits per heavy atom. The van der Waals surface area contributed by atoms with Crippen LogP contribution in [0.3, 0.4) is 0 Å². The highest BCUT2D eigenvalue weighted by atomic mass is 16.2. The van der Waals surface area contributed by atoms with E-state index in [4.69, 9.17) is 0 Å². The van der Waals surface area contributed by atoms with E-state index in [1.54, 1.807) is 6.20 Å². The number of carbonyl (C=O) groups is 2. The van der Waals surface area contributed by atoms with Crippen molar-refractivity contribution >= 4 is 11.8 Å². The molecular formula is C18H23N3O2. The number of fused-ring (bicyclic) bond motifs is 4. The van der Waals surface area contributed by atoms with E-state index < -0.39 is 0 Å². The van der Waals surface area contributed by atoms with Gasteiger partial charge in [-0.15, -0.1) is 0 Å². The fourth-order valence-corrected chi connectivity index (χ4v) is 4.66. The monoisotopic (exact) mass is 313 g/mol. The zero-order valence-electron chi connectivity index (χ0n) is 13.6. The molecule has 0 saturated carbocycles. The number of aromatic nitrogens is 1. The summed E-state index contributed by atoms with van der Waals surface area (Å²) in [7, 11) is 0. The third kappa shape index (κ3) is 2.52. The van der Waals surface area contributed by atoms with Crippen molar-refractivity contribution in [3.63, 3.8) is 0 Å². The molecule has 4 rings (SSSR count). The summed E-state index contributed by atoms with van der Waals surface area (Å²) in [6, 6.07) is 4.04. The van der Waals surface area contributed by atoms with Gasteiger partial charge in [-0.3, -0.25) is 14.6 Å². The Bertz CT molecular complexity index is 645. The SMILES string of the molecule is Cc1ncccc1C(=O)N1C[C@H]2C[C@H](C1)[C@H]1CCCC(=O)N1C2. The first kappa shape index (κ1) is 14.7. The molecule has 3 aliphatic rings. The van der Waals surface area contributed by atoms with Gasteiger partial charge in [0.15, 0.2) is 0 Å². The molecular weight excluding hydrogens is 290 g/mol. The number of piperidine rings is 3. The number of amides is 2. The highest BCUT2D eigenvalue weighted by Gasteiger charge is 2.44. The predicted octanol–water partition coefficient (Wildman–Crippen LogP) is 1.86. The second kappa shape index (κ2) is 5.62. The number of aryl methyl sites for hydroxylation is 1. The average Bonchev–Trinajstić information content (AvgIpc) is 2.55. The van der Waals surface area contributed by atoms with Gasteiger partial charge in [0.25, 0.3) is 5.91 Å². The van der Waals surface area contributed by atoms with Gasteiger partial charge in [-0.05, 0) is 50.2 Å². The van der Waals surface area contributed by atoms with E-state index in [0.29, 0.717) is 35.8 Å². The van der Waals surface area contributed by atoms with Crippen LogP contribution in [-0.2, 0) is 4.79 Å². The Hall–Kier alpha value is -1.91. The Morgan fingerprint density at radius 2 is 2.17 bits per heavy atom. The molecule has 3 atom stereocenters. The lowest BCUT2D eigenvalue weighted by molar-refractivity contribution is -0.144. The molecule has 1 aromatic rings. The van der Waals surface area contributed by atoms with Gasteiger partial charge in [-0.25, -0.2) is 0 Å². The van der Waals surface area contributed by atoms with Gasteiger partial charge in [-0.1, -0.05) is 0 Å². The van der Waals surface area contributed by atoms with Crippen molar-refractivity contribution in [2.24, 2.45) is 11.8 Å². The molecule has 0 N–H and O–H groups in total. The van der Waals surface area contributed by atoms with Gasteiger partial charge in [0.1, 0.15) is 0 Å². The van der Waals surface area contributed by atoms with E-state index in [1.165, 1.54) is 0 Å². The molecule has 0 spiro atoms. The molecule has 5 heteroatoms. The maximum absolute atomic E-state index is 12.9. The van der Waals surface area contributed by atoms with Crippen LogP contribution in [0.5, 0.6) is 0 Å². The summed E-state index contributed by atoms with van der Waals surface area (Å²) in [5, 5.41) is 0. The van der Waals surface area contributed by atoms with Gasteiger partial charge in [0.05, 0.1) is 5.56 Å². The topological polar surface area (TPSA) is 53.5 Å². The number of carbonyl (C=O) groups excluding carboxylic acids is 2. The number of hydrogen-bond acceptors (Lipinski definition) is 3. The molecule has 2 amide bonds. The first-order chi connectivity index (χ1) is 11.1. The minimum atomic E-state index is 0.0980. The number of rotatable bonds is 1. The Balaban J connectivity index is 1.55. The van der Waals surface area contributed by atoms with E-state index in [-0.39, 0.29) is 5.91 Å². The normalized spacial score (nSPS) is 30.1. The van der Waals surface area contributed by atoms with Crippen molar-refractivity contribution in [2.45, 2.75) is 38.6 Å². The second-order valence-electron chi connectivity index (χ2n) is 7.21. The Kier molecular flexibility index (Phi) is 3.58. The van der Waals surface area contributed by atoms with E-state index in [9.17, 15) is 9.59 Å². The minimum absolute atomic E-state index is 0.0980. The highest BCUT2D eigenvalue weighted by Crippen LogP contribution is 2.38. The molecule has 0 unspecified atom stereocenters. The summed E-state index contributed by atoms with van der Waals surface area (Å²) in [5.74, 6) is 1.28. The molecule has 2 bridgehead atoms.